The van der Waals surface area contributed by atoms with Crippen LogP contribution >= 0.6 is 0 Å². The molecule has 2 aromatic rings. The molecule has 2 rings (SSSR count). The fraction of sp³-hybridized carbons (Fsp3) is 0.111. The van der Waals surface area contributed by atoms with Gasteiger partial charge < -0.3 is 14.6 Å². The minimum Gasteiger partial charge on any atom is -0.504 e. The van der Waals surface area contributed by atoms with Gasteiger partial charge in [0.1, 0.15) is 5.75 Å². The van der Waals surface area contributed by atoms with Crippen LogP contribution in [-0.2, 0) is 4.79 Å². The molecule has 0 saturated carbocycles. The highest BCUT2D eigenvalue weighted by Crippen LogP contribution is 2.27. The second-order valence-corrected chi connectivity index (χ2v) is 4.74. The fourth-order valence-electron chi connectivity index (χ4n) is 1.90. The number of hydrazone groups is 1. The van der Waals surface area contributed by atoms with Crippen LogP contribution in [0.2, 0.25) is 0 Å². The van der Waals surface area contributed by atoms with E-state index < -0.39 is 0 Å². The molecular formula is C18H18N2O4. The normalized spacial score (nSPS) is 10.9. The first kappa shape index (κ1) is 17.1. The van der Waals surface area contributed by atoms with Crippen LogP contribution in [0.25, 0.3) is 6.08 Å². The zero-order valence-corrected chi connectivity index (χ0v) is 13.4. The van der Waals surface area contributed by atoms with Gasteiger partial charge in [-0.15, -0.1) is 0 Å². The van der Waals surface area contributed by atoms with Gasteiger partial charge in [-0.3, -0.25) is 4.79 Å². The molecule has 124 valence electrons. The molecule has 0 aromatic heterocycles. The number of ether oxygens (including phenoxy) is 2. The number of rotatable bonds is 6. The monoisotopic (exact) mass is 326 g/mol. The van der Waals surface area contributed by atoms with Crippen LogP contribution in [0, 0.1) is 0 Å². The molecule has 6 nitrogen and oxygen atoms in total. The summed E-state index contributed by atoms with van der Waals surface area (Å²) in [6.45, 7) is 0. The highest BCUT2D eigenvalue weighted by atomic mass is 16.5. The quantitative estimate of drug-likeness (QED) is 0.486. The molecule has 0 unspecified atom stereocenters. The number of phenols is 1. The van der Waals surface area contributed by atoms with Crippen LogP contribution in [0.5, 0.6) is 17.2 Å². The van der Waals surface area contributed by atoms with E-state index in [9.17, 15) is 9.90 Å². The molecule has 0 heterocycles. The van der Waals surface area contributed by atoms with Gasteiger partial charge in [-0.05, 0) is 35.9 Å². The summed E-state index contributed by atoms with van der Waals surface area (Å²) in [4.78, 5) is 11.7. The van der Waals surface area contributed by atoms with E-state index in [0.717, 1.165) is 11.3 Å². The van der Waals surface area contributed by atoms with Crippen molar-refractivity contribution in [2.75, 3.05) is 14.2 Å². The Hall–Kier alpha value is -3.28. The molecule has 2 aromatic carbocycles. The zero-order valence-electron chi connectivity index (χ0n) is 13.4. The lowest BCUT2D eigenvalue weighted by molar-refractivity contribution is -0.116. The van der Waals surface area contributed by atoms with Crippen molar-refractivity contribution in [3.8, 4) is 17.2 Å². The van der Waals surface area contributed by atoms with Gasteiger partial charge in [0.2, 0.25) is 0 Å². The second-order valence-electron chi connectivity index (χ2n) is 4.74. The summed E-state index contributed by atoms with van der Waals surface area (Å²) in [5.41, 5.74) is 3.66. The lowest BCUT2D eigenvalue weighted by Gasteiger charge is -2.04. The van der Waals surface area contributed by atoms with E-state index in [-0.39, 0.29) is 11.7 Å². The minimum atomic E-state index is -0.385. The lowest BCUT2D eigenvalue weighted by atomic mass is 10.2. The third-order valence-electron chi connectivity index (χ3n) is 3.17. The molecule has 24 heavy (non-hydrogen) atoms. The van der Waals surface area contributed by atoms with Gasteiger partial charge in [0.15, 0.2) is 11.5 Å². The molecule has 0 aliphatic heterocycles. The van der Waals surface area contributed by atoms with E-state index in [2.05, 4.69) is 10.5 Å². The number of hydrogen-bond acceptors (Lipinski definition) is 5. The molecule has 0 radical (unpaired) electrons. The number of carbonyl (C=O) groups is 1. The van der Waals surface area contributed by atoms with Crippen LogP contribution in [0.1, 0.15) is 11.1 Å². The van der Waals surface area contributed by atoms with Crippen molar-refractivity contribution in [3.05, 3.63) is 59.7 Å². The maximum atomic E-state index is 11.7. The van der Waals surface area contributed by atoms with E-state index in [1.54, 1.807) is 43.5 Å². The molecule has 0 bridgehead atoms. The van der Waals surface area contributed by atoms with E-state index in [1.165, 1.54) is 19.4 Å². The molecule has 0 fully saturated rings. The maximum Gasteiger partial charge on any atom is 0.264 e. The third-order valence-corrected chi connectivity index (χ3v) is 3.17. The third kappa shape index (κ3) is 4.61. The number of nitrogens with zero attached hydrogens (tertiary/aromatic N) is 1. The molecule has 0 atom stereocenters. The molecule has 1 amide bonds. The van der Waals surface area contributed by atoms with Gasteiger partial charge >= 0.3 is 0 Å². The van der Waals surface area contributed by atoms with Crippen LogP contribution in [0.15, 0.2) is 53.6 Å². The number of amides is 1. The number of carbonyl (C=O) groups excluding carboxylic acids is 1. The molecule has 0 aliphatic carbocycles. The summed E-state index contributed by atoms with van der Waals surface area (Å²) in [5.74, 6) is 0.667. The maximum absolute atomic E-state index is 11.7. The van der Waals surface area contributed by atoms with Crippen molar-refractivity contribution in [1.82, 2.24) is 5.43 Å². The van der Waals surface area contributed by atoms with Gasteiger partial charge in [0.05, 0.1) is 20.4 Å². The Morgan fingerprint density at radius 2 is 1.88 bits per heavy atom. The summed E-state index contributed by atoms with van der Waals surface area (Å²) in [5, 5.41) is 13.7. The van der Waals surface area contributed by atoms with E-state index >= 15 is 0 Å². The van der Waals surface area contributed by atoms with Crippen molar-refractivity contribution in [3.63, 3.8) is 0 Å². The Balaban J connectivity index is 1.94. The zero-order chi connectivity index (χ0) is 17.4. The van der Waals surface area contributed by atoms with Crippen molar-refractivity contribution in [2.24, 2.45) is 5.10 Å². The minimum absolute atomic E-state index is 0.0354. The summed E-state index contributed by atoms with van der Waals surface area (Å²) in [6, 6.07) is 12.3. The summed E-state index contributed by atoms with van der Waals surface area (Å²) >= 11 is 0. The first-order chi connectivity index (χ1) is 11.6. The van der Waals surface area contributed by atoms with Gasteiger partial charge in [-0.25, -0.2) is 5.43 Å². The smallest absolute Gasteiger partial charge is 0.264 e. The highest BCUT2D eigenvalue weighted by molar-refractivity contribution is 5.93. The summed E-state index contributed by atoms with van der Waals surface area (Å²) < 4.78 is 10.1. The van der Waals surface area contributed by atoms with Crippen LogP contribution in [0.3, 0.4) is 0 Å². The first-order valence-electron chi connectivity index (χ1n) is 7.15. The number of hydrogen-bond donors (Lipinski definition) is 2. The number of para-hydroxylation sites is 1. The fourth-order valence-corrected chi connectivity index (χ4v) is 1.90. The molecule has 6 heteroatoms. The lowest BCUT2D eigenvalue weighted by Crippen LogP contribution is -2.14. The Kier molecular flexibility index (Phi) is 5.96. The van der Waals surface area contributed by atoms with Gasteiger partial charge in [0.25, 0.3) is 5.91 Å². The Morgan fingerprint density at radius 1 is 1.12 bits per heavy atom. The molecule has 2 N–H and O–H groups in total. The molecule has 0 spiro atoms. The molecule has 0 saturated heterocycles. The molecule has 0 aliphatic rings. The SMILES string of the molecule is COc1ccc(/C=C/C(=O)N/N=C/c2cccc(OC)c2O)cc1. The number of phenolic OH excluding ortho intramolecular Hbond substituents is 1. The predicted molar refractivity (Wildman–Crippen MR) is 92.4 cm³/mol. The summed E-state index contributed by atoms with van der Waals surface area (Å²) in [7, 11) is 3.05. The Labute approximate surface area is 140 Å². The Bertz CT molecular complexity index is 752. The van der Waals surface area contributed by atoms with Crippen molar-refractivity contribution >= 4 is 18.2 Å². The topological polar surface area (TPSA) is 80.2 Å². The van der Waals surface area contributed by atoms with Gasteiger partial charge in [-0.2, -0.15) is 5.10 Å². The van der Waals surface area contributed by atoms with E-state index in [0.29, 0.717) is 11.3 Å². The first-order valence-corrected chi connectivity index (χ1v) is 7.15. The number of nitrogens with one attached hydrogen (secondary N) is 1. The van der Waals surface area contributed by atoms with Crippen molar-refractivity contribution < 1.29 is 19.4 Å². The average Bonchev–Trinajstić information content (AvgIpc) is 2.62. The van der Waals surface area contributed by atoms with Crippen molar-refractivity contribution in [2.45, 2.75) is 0 Å². The predicted octanol–water partition coefficient (Wildman–Crippen LogP) is 2.57. The van der Waals surface area contributed by atoms with Crippen molar-refractivity contribution in [1.29, 1.82) is 0 Å². The largest absolute Gasteiger partial charge is 0.504 e. The standard InChI is InChI=1S/C18H18N2O4/c1-23-15-9-6-13(7-10-15)8-11-17(21)20-19-12-14-4-3-5-16(24-2)18(14)22/h3-12,22H,1-2H3,(H,20,21)/b11-8+,19-12+. The van der Waals surface area contributed by atoms with Gasteiger partial charge in [-0.1, -0.05) is 18.2 Å². The number of methoxy groups -OCH3 is 2. The Morgan fingerprint density at radius 3 is 2.54 bits per heavy atom. The average molecular weight is 326 g/mol. The molecular weight excluding hydrogens is 308 g/mol. The number of aromatic hydroxyl groups is 1. The number of benzene rings is 2. The second kappa shape index (κ2) is 8.38. The van der Waals surface area contributed by atoms with Crippen LogP contribution in [-0.4, -0.2) is 31.4 Å². The summed E-state index contributed by atoms with van der Waals surface area (Å²) in [6.07, 6.45) is 4.37. The van der Waals surface area contributed by atoms with E-state index in [4.69, 9.17) is 9.47 Å². The highest BCUT2D eigenvalue weighted by Gasteiger charge is 2.04. The van der Waals surface area contributed by atoms with Crippen LogP contribution in [0.4, 0.5) is 0 Å². The van der Waals surface area contributed by atoms with Gasteiger partial charge in [0, 0.05) is 11.6 Å². The van der Waals surface area contributed by atoms with Crippen LogP contribution < -0.4 is 14.9 Å². The van der Waals surface area contributed by atoms with E-state index in [1.807, 2.05) is 12.1 Å².